The van der Waals surface area contributed by atoms with Crippen molar-refractivity contribution < 1.29 is 14.2 Å². The predicted octanol–water partition coefficient (Wildman–Crippen LogP) is 3.21. The molecule has 0 radical (unpaired) electrons. The Balaban J connectivity index is 1.67. The molecule has 0 amide bonds. The molecule has 0 aromatic heterocycles. The number of ether oxygens (including phenoxy) is 1. The summed E-state index contributed by atoms with van der Waals surface area (Å²) in [5, 5.41) is 10.1. The van der Waals surface area contributed by atoms with E-state index in [9.17, 15) is 9.50 Å². The first-order valence-corrected chi connectivity index (χ1v) is 8.25. The molecule has 1 saturated carbocycles. The average molecular weight is 309 g/mol. The summed E-state index contributed by atoms with van der Waals surface area (Å²) in [4.78, 5) is 2.24. The van der Waals surface area contributed by atoms with Gasteiger partial charge in [0.25, 0.3) is 0 Å². The first-order chi connectivity index (χ1) is 10.6. The van der Waals surface area contributed by atoms with Crippen LogP contribution in [-0.2, 0) is 11.3 Å². The minimum atomic E-state index is -0.531. The maximum Gasteiger partial charge on any atom is 0.128 e. The van der Waals surface area contributed by atoms with Gasteiger partial charge in [0.15, 0.2) is 0 Å². The summed E-state index contributed by atoms with van der Waals surface area (Å²) >= 11 is 0. The molecule has 1 fully saturated rings. The molecule has 2 rings (SSSR count). The van der Waals surface area contributed by atoms with Crippen LogP contribution < -0.4 is 0 Å². The van der Waals surface area contributed by atoms with Gasteiger partial charge in [0.1, 0.15) is 5.82 Å². The van der Waals surface area contributed by atoms with Crippen LogP contribution in [0.2, 0.25) is 0 Å². The fourth-order valence-corrected chi connectivity index (χ4v) is 3.14. The van der Waals surface area contributed by atoms with Gasteiger partial charge in [-0.05, 0) is 44.7 Å². The Morgan fingerprint density at radius 3 is 2.64 bits per heavy atom. The van der Waals surface area contributed by atoms with Crippen LogP contribution in [0.5, 0.6) is 0 Å². The zero-order valence-corrected chi connectivity index (χ0v) is 13.7. The molecule has 1 aliphatic rings. The van der Waals surface area contributed by atoms with E-state index in [1.54, 1.807) is 18.2 Å². The SMILES string of the molecule is CC1CCC(N(C)CC(O)COCc2ccccc2F)CC1. The van der Waals surface area contributed by atoms with Crippen LogP contribution in [0.3, 0.4) is 0 Å². The van der Waals surface area contributed by atoms with E-state index in [1.165, 1.54) is 31.7 Å². The fourth-order valence-electron chi connectivity index (χ4n) is 3.14. The van der Waals surface area contributed by atoms with E-state index in [4.69, 9.17) is 4.74 Å². The van der Waals surface area contributed by atoms with Crippen LogP contribution in [0.1, 0.15) is 38.2 Å². The molecule has 0 heterocycles. The van der Waals surface area contributed by atoms with Crippen LogP contribution in [0.15, 0.2) is 24.3 Å². The molecule has 1 aromatic rings. The van der Waals surface area contributed by atoms with Crippen LogP contribution >= 0.6 is 0 Å². The largest absolute Gasteiger partial charge is 0.389 e. The fraction of sp³-hybridized carbons (Fsp3) is 0.667. The Kier molecular flexibility index (Phi) is 6.80. The van der Waals surface area contributed by atoms with E-state index < -0.39 is 6.10 Å². The highest BCUT2D eigenvalue weighted by Crippen LogP contribution is 2.26. The molecule has 124 valence electrons. The summed E-state index contributed by atoms with van der Waals surface area (Å²) in [6.45, 7) is 3.36. The molecule has 1 atom stereocenters. The molecule has 3 nitrogen and oxygen atoms in total. The second-order valence-corrected chi connectivity index (χ2v) is 6.61. The highest BCUT2D eigenvalue weighted by Gasteiger charge is 2.23. The van der Waals surface area contributed by atoms with Crippen molar-refractivity contribution in [1.82, 2.24) is 4.90 Å². The Hall–Kier alpha value is -0.970. The summed E-state index contributed by atoms with van der Waals surface area (Å²) in [6, 6.07) is 7.14. The van der Waals surface area contributed by atoms with Crippen molar-refractivity contribution in [3.05, 3.63) is 35.6 Å². The molecular weight excluding hydrogens is 281 g/mol. The van der Waals surface area contributed by atoms with Gasteiger partial charge < -0.3 is 14.7 Å². The van der Waals surface area contributed by atoms with E-state index in [0.717, 1.165) is 5.92 Å². The monoisotopic (exact) mass is 309 g/mol. The Morgan fingerprint density at radius 2 is 1.95 bits per heavy atom. The van der Waals surface area contributed by atoms with Crippen molar-refractivity contribution >= 4 is 0 Å². The third-order valence-electron chi connectivity index (χ3n) is 4.63. The molecule has 22 heavy (non-hydrogen) atoms. The van der Waals surface area contributed by atoms with E-state index >= 15 is 0 Å². The van der Waals surface area contributed by atoms with Crippen molar-refractivity contribution in [2.75, 3.05) is 20.2 Å². The summed E-state index contributed by atoms with van der Waals surface area (Å²) in [7, 11) is 2.07. The number of hydrogen-bond donors (Lipinski definition) is 1. The number of aliphatic hydroxyl groups excluding tert-OH is 1. The topological polar surface area (TPSA) is 32.7 Å². The standard InChI is InChI=1S/C18H28FNO2/c1-14-7-9-16(10-8-14)20(2)11-17(21)13-22-12-15-5-3-4-6-18(15)19/h3-6,14,16-17,21H,7-13H2,1-2H3. The molecule has 1 aliphatic carbocycles. The van der Waals surface area contributed by atoms with E-state index in [-0.39, 0.29) is 19.0 Å². The van der Waals surface area contributed by atoms with E-state index in [1.807, 2.05) is 0 Å². The van der Waals surface area contributed by atoms with Crippen molar-refractivity contribution in [3.63, 3.8) is 0 Å². The second kappa shape index (κ2) is 8.61. The highest BCUT2D eigenvalue weighted by molar-refractivity contribution is 5.16. The summed E-state index contributed by atoms with van der Waals surface area (Å²) in [6.07, 6.45) is 4.43. The number of aliphatic hydroxyl groups is 1. The van der Waals surface area contributed by atoms with Gasteiger partial charge in [0.2, 0.25) is 0 Å². The number of nitrogens with zero attached hydrogens (tertiary/aromatic N) is 1. The molecule has 1 aromatic carbocycles. The smallest absolute Gasteiger partial charge is 0.128 e. The maximum absolute atomic E-state index is 13.4. The van der Waals surface area contributed by atoms with Crippen LogP contribution in [0.25, 0.3) is 0 Å². The van der Waals surface area contributed by atoms with Crippen LogP contribution in [0.4, 0.5) is 4.39 Å². The first kappa shape index (κ1) is 17.4. The molecule has 0 spiro atoms. The highest BCUT2D eigenvalue weighted by atomic mass is 19.1. The number of rotatable bonds is 7. The summed E-state index contributed by atoms with van der Waals surface area (Å²) in [5.41, 5.74) is 0.532. The number of halogens is 1. The molecule has 4 heteroatoms. The third kappa shape index (κ3) is 5.34. The average Bonchev–Trinajstić information content (AvgIpc) is 2.50. The molecular formula is C18H28FNO2. The zero-order valence-electron chi connectivity index (χ0n) is 13.7. The lowest BCUT2D eigenvalue weighted by Crippen LogP contribution is -2.40. The van der Waals surface area contributed by atoms with Gasteiger partial charge in [-0.3, -0.25) is 0 Å². The lowest BCUT2D eigenvalue weighted by atomic mass is 9.87. The molecule has 0 bridgehead atoms. The van der Waals surface area contributed by atoms with Crippen molar-refractivity contribution in [2.24, 2.45) is 5.92 Å². The van der Waals surface area contributed by atoms with Gasteiger partial charge in [-0.25, -0.2) is 4.39 Å². The Morgan fingerprint density at radius 1 is 1.27 bits per heavy atom. The van der Waals surface area contributed by atoms with Gasteiger partial charge in [-0.2, -0.15) is 0 Å². The minimum absolute atomic E-state index is 0.203. The lowest BCUT2D eigenvalue weighted by Gasteiger charge is -2.34. The first-order valence-electron chi connectivity index (χ1n) is 8.25. The Labute approximate surface area is 133 Å². The molecule has 0 aliphatic heterocycles. The van der Waals surface area contributed by atoms with Crippen molar-refractivity contribution in [3.8, 4) is 0 Å². The minimum Gasteiger partial charge on any atom is -0.389 e. The molecule has 1 unspecified atom stereocenters. The molecule has 0 saturated heterocycles. The van der Waals surface area contributed by atoms with Crippen molar-refractivity contribution in [2.45, 2.75) is 51.4 Å². The van der Waals surface area contributed by atoms with Gasteiger partial charge in [0, 0.05) is 18.2 Å². The zero-order chi connectivity index (χ0) is 15.9. The summed E-state index contributed by atoms with van der Waals surface area (Å²) < 4.78 is 18.9. The normalized spacial score (nSPS) is 23.7. The van der Waals surface area contributed by atoms with E-state index in [0.29, 0.717) is 18.2 Å². The van der Waals surface area contributed by atoms with Gasteiger partial charge >= 0.3 is 0 Å². The Bertz CT molecular complexity index is 446. The maximum atomic E-state index is 13.4. The van der Waals surface area contributed by atoms with Crippen molar-refractivity contribution in [1.29, 1.82) is 0 Å². The van der Waals surface area contributed by atoms with E-state index in [2.05, 4.69) is 18.9 Å². The van der Waals surface area contributed by atoms with Gasteiger partial charge in [-0.15, -0.1) is 0 Å². The van der Waals surface area contributed by atoms with Gasteiger partial charge in [-0.1, -0.05) is 25.1 Å². The lowest BCUT2D eigenvalue weighted by molar-refractivity contribution is 0.00315. The molecule has 1 N–H and O–H groups in total. The van der Waals surface area contributed by atoms with Crippen LogP contribution in [-0.4, -0.2) is 42.4 Å². The van der Waals surface area contributed by atoms with Crippen LogP contribution in [0, 0.1) is 11.7 Å². The second-order valence-electron chi connectivity index (χ2n) is 6.61. The van der Waals surface area contributed by atoms with Gasteiger partial charge in [0.05, 0.1) is 19.3 Å². The third-order valence-corrected chi connectivity index (χ3v) is 4.63. The number of benzene rings is 1. The predicted molar refractivity (Wildman–Crippen MR) is 86.1 cm³/mol. The summed E-state index contributed by atoms with van der Waals surface area (Å²) in [5.74, 6) is 0.573. The number of likely N-dealkylation sites (N-methyl/N-ethyl adjacent to an activating group) is 1. The number of hydrogen-bond acceptors (Lipinski definition) is 3. The quantitative estimate of drug-likeness (QED) is 0.839.